The average Bonchev–Trinajstić information content (AvgIpc) is 2.68. The lowest BCUT2D eigenvalue weighted by Gasteiger charge is -2.20. The fraction of sp³-hybridized carbons (Fsp3) is 0.267. The van der Waals surface area contributed by atoms with E-state index in [1.807, 2.05) is 24.3 Å². The fourth-order valence-electron chi connectivity index (χ4n) is 2.60. The first kappa shape index (κ1) is 13.2. The van der Waals surface area contributed by atoms with Crippen molar-refractivity contribution in [2.45, 2.75) is 19.8 Å². The SMILES string of the molecule is CCCCN1C(=S)c2cccc3c(Cl)cc(Cl)c1c23. The summed E-state index contributed by atoms with van der Waals surface area (Å²) < 4.78 is 0. The van der Waals surface area contributed by atoms with Gasteiger partial charge in [-0.2, -0.15) is 0 Å². The van der Waals surface area contributed by atoms with E-state index < -0.39 is 0 Å². The molecule has 1 nitrogen and oxygen atoms in total. The number of thiocarbonyl (C=S) groups is 1. The van der Waals surface area contributed by atoms with Gasteiger partial charge in [0.2, 0.25) is 0 Å². The summed E-state index contributed by atoms with van der Waals surface area (Å²) in [7, 11) is 0. The number of halogens is 2. The summed E-state index contributed by atoms with van der Waals surface area (Å²) in [6, 6.07) is 7.88. The van der Waals surface area contributed by atoms with Crippen molar-refractivity contribution in [1.82, 2.24) is 0 Å². The smallest absolute Gasteiger partial charge is 0.114 e. The van der Waals surface area contributed by atoms with E-state index >= 15 is 0 Å². The number of unbranched alkanes of at least 4 members (excludes halogenated alkanes) is 1. The molecule has 1 heterocycles. The number of hydrogen-bond acceptors (Lipinski definition) is 1. The molecule has 0 unspecified atom stereocenters. The van der Waals surface area contributed by atoms with E-state index in [1.165, 1.54) is 0 Å². The van der Waals surface area contributed by atoms with Crippen LogP contribution in [0.3, 0.4) is 0 Å². The maximum absolute atomic E-state index is 6.40. The Kier molecular flexibility index (Phi) is 3.42. The van der Waals surface area contributed by atoms with Crippen LogP contribution in [0.1, 0.15) is 25.3 Å². The first-order chi connectivity index (χ1) is 9.15. The minimum Gasteiger partial charge on any atom is -0.330 e. The fourth-order valence-corrected chi connectivity index (χ4v) is 3.58. The van der Waals surface area contributed by atoms with Crippen molar-refractivity contribution >= 4 is 56.9 Å². The van der Waals surface area contributed by atoms with Crippen LogP contribution in [-0.4, -0.2) is 11.5 Å². The maximum Gasteiger partial charge on any atom is 0.114 e. The van der Waals surface area contributed by atoms with E-state index in [-0.39, 0.29) is 0 Å². The molecule has 0 fully saturated rings. The Labute approximate surface area is 128 Å². The van der Waals surface area contributed by atoms with Crippen LogP contribution >= 0.6 is 35.4 Å². The van der Waals surface area contributed by atoms with Crippen molar-refractivity contribution < 1.29 is 0 Å². The molecular formula is C15H13Cl2NS. The Bertz CT molecular complexity index is 681. The second-order valence-corrected chi connectivity index (χ2v) is 5.93. The van der Waals surface area contributed by atoms with Gasteiger partial charge in [-0.3, -0.25) is 0 Å². The minimum absolute atomic E-state index is 0.681. The number of anilines is 1. The zero-order valence-corrected chi connectivity index (χ0v) is 12.9. The molecule has 2 aromatic rings. The summed E-state index contributed by atoms with van der Waals surface area (Å²) in [6.45, 7) is 3.08. The van der Waals surface area contributed by atoms with Crippen molar-refractivity contribution in [3.63, 3.8) is 0 Å². The molecule has 4 heteroatoms. The van der Waals surface area contributed by atoms with E-state index in [2.05, 4.69) is 11.8 Å². The van der Waals surface area contributed by atoms with Crippen LogP contribution in [0.4, 0.5) is 5.69 Å². The van der Waals surface area contributed by atoms with Crippen LogP contribution in [0.15, 0.2) is 24.3 Å². The summed E-state index contributed by atoms with van der Waals surface area (Å²) in [6.07, 6.45) is 2.22. The quantitative estimate of drug-likeness (QED) is 0.694. The monoisotopic (exact) mass is 309 g/mol. The van der Waals surface area contributed by atoms with Gasteiger partial charge >= 0.3 is 0 Å². The highest BCUT2D eigenvalue weighted by Gasteiger charge is 2.29. The van der Waals surface area contributed by atoms with E-state index in [9.17, 15) is 0 Å². The van der Waals surface area contributed by atoms with Crippen LogP contribution < -0.4 is 4.90 Å². The number of rotatable bonds is 3. The lowest BCUT2D eigenvalue weighted by Crippen LogP contribution is -2.27. The van der Waals surface area contributed by atoms with Crippen molar-refractivity contribution in [2.75, 3.05) is 11.4 Å². The molecule has 0 N–H and O–H groups in total. The standard InChI is InChI=1S/C15H13Cl2NS/c1-2-3-7-18-14-12(17)8-11(16)9-5-4-6-10(13(9)14)15(18)19/h4-6,8H,2-3,7H2,1H3. The summed E-state index contributed by atoms with van der Waals surface area (Å²) in [5, 5.41) is 3.49. The molecule has 0 amide bonds. The van der Waals surface area contributed by atoms with Gasteiger partial charge < -0.3 is 4.90 Å². The summed E-state index contributed by atoms with van der Waals surface area (Å²) in [5.41, 5.74) is 2.10. The molecule has 98 valence electrons. The molecule has 0 saturated heterocycles. The Morgan fingerprint density at radius 1 is 1.21 bits per heavy atom. The van der Waals surface area contributed by atoms with E-state index in [0.29, 0.717) is 10.0 Å². The zero-order valence-electron chi connectivity index (χ0n) is 10.5. The topological polar surface area (TPSA) is 3.24 Å². The highest BCUT2D eigenvalue weighted by Crippen LogP contribution is 2.45. The van der Waals surface area contributed by atoms with Crippen molar-refractivity contribution in [3.8, 4) is 0 Å². The van der Waals surface area contributed by atoms with E-state index in [0.717, 1.165) is 46.4 Å². The summed E-state index contributed by atoms with van der Waals surface area (Å²) in [5.74, 6) is 0. The van der Waals surface area contributed by atoms with Crippen LogP contribution in [0.25, 0.3) is 10.8 Å². The van der Waals surface area contributed by atoms with Gasteiger partial charge in [-0.15, -0.1) is 0 Å². The normalized spacial score (nSPS) is 13.6. The second-order valence-electron chi connectivity index (χ2n) is 4.73. The molecule has 0 radical (unpaired) electrons. The lowest BCUT2D eigenvalue weighted by atomic mass is 10.1. The van der Waals surface area contributed by atoms with Gasteiger partial charge in [0.15, 0.2) is 0 Å². The Morgan fingerprint density at radius 2 is 2.00 bits per heavy atom. The molecule has 0 atom stereocenters. The van der Waals surface area contributed by atoms with Crippen molar-refractivity contribution in [1.29, 1.82) is 0 Å². The third kappa shape index (κ3) is 1.94. The average molecular weight is 310 g/mol. The van der Waals surface area contributed by atoms with Gasteiger partial charge in [-0.05, 0) is 12.5 Å². The van der Waals surface area contributed by atoms with E-state index in [4.69, 9.17) is 35.4 Å². The largest absolute Gasteiger partial charge is 0.330 e. The van der Waals surface area contributed by atoms with E-state index in [1.54, 1.807) is 0 Å². The molecule has 0 spiro atoms. The zero-order chi connectivity index (χ0) is 13.6. The molecule has 0 aromatic heterocycles. The minimum atomic E-state index is 0.681. The van der Waals surface area contributed by atoms with Gasteiger partial charge in [0.1, 0.15) is 4.99 Å². The highest BCUT2D eigenvalue weighted by molar-refractivity contribution is 7.81. The van der Waals surface area contributed by atoms with Gasteiger partial charge in [0, 0.05) is 22.9 Å². The third-order valence-electron chi connectivity index (χ3n) is 3.52. The van der Waals surface area contributed by atoms with Crippen LogP contribution in [0.2, 0.25) is 10.0 Å². The van der Waals surface area contributed by atoms with Crippen LogP contribution in [-0.2, 0) is 0 Å². The number of nitrogens with zero attached hydrogens (tertiary/aromatic N) is 1. The molecule has 2 aromatic carbocycles. The highest BCUT2D eigenvalue weighted by atomic mass is 35.5. The first-order valence-electron chi connectivity index (χ1n) is 6.37. The molecule has 0 saturated carbocycles. The maximum atomic E-state index is 6.40. The first-order valence-corrected chi connectivity index (χ1v) is 7.54. The van der Waals surface area contributed by atoms with Gasteiger partial charge in [-0.1, -0.05) is 67.0 Å². The Balaban J connectivity index is 2.28. The lowest BCUT2D eigenvalue weighted by molar-refractivity contribution is 0.801. The summed E-state index contributed by atoms with van der Waals surface area (Å²) >= 11 is 18.3. The predicted molar refractivity (Wildman–Crippen MR) is 87.9 cm³/mol. The van der Waals surface area contributed by atoms with Crippen molar-refractivity contribution in [3.05, 3.63) is 39.9 Å². The Hall–Kier alpha value is -0.830. The van der Waals surface area contributed by atoms with Crippen LogP contribution in [0, 0.1) is 0 Å². The predicted octanol–water partition coefficient (Wildman–Crippen LogP) is 5.44. The molecule has 1 aliphatic rings. The number of hydrogen-bond donors (Lipinski definition) is 0. The second kappa shape index (κ2) is 4.93. The van der Waals surface area contributed by atoms with Crippen molar-refractivity contribution in [2.24, 2.45) is 0 Å². The third-order valence-corrected chi connectivity index (χ3v) is 4.56. The molecule has 0 aliphatic carbocycles. The molecule has 1 aliphatic heterocycles. The Morgan fingerprint density at radius 3 is 2.74 bits per heavy atom. The van der Waals surface area contributed by atoms with Crippen LogP contribution in [0.5, 0.6) is 0 Å². The van der Waals surface area contributed by atoms with Gasteiger partial charge in [0.05, 0.1) is 15.7 Å². The number of benzene rings is 2. The molecule has 3 rings (SSSR count). The molecule has 19 heavy (non-hydrogen) atoms. The van der Waals surface area contributed by atoms with Gasteiger partial charge in [0.25, 0.3) is 0 Å². The summed E-state index contributed by atoms with van der Waals surface area (Å²) in [4.78, 5) is 3.01. The molecular weight excluding hydrogens is 297 g/mol. The molecule has 0 bridgehead atoms. The van der Waals surface area contributed by atoms with Gasteiger partial charge in [-0.25, -0.2) is 0 Å².